The van der Waals surface area contributed by atoms with Crippen molar-refractivity contribution in [2.45, 2.75) is 64.2 Å². The van der Waals surface area contributed by atoms with Crippen LogP contribution in [-0.2, 0) is 19.1 Å². The van der Waals surface area contributed by atoms with Gasteiger partial charge in [-0.1, -0.05) is 25.7 Å². The van der Waals surface area contributed by atoms with E-state index in [1.807, 2.05) is 0 Å². The summed E-state index contributed by atoms with van der Waals surface area (Å²) < 4.78 is 9.61. The van der Waals surface area contributed by atoms with Gasteiger partial charge in [0.1, 0.15) is 0 Å². The van der Waals surface area contributed by atoms with Gasteiger partial charge in [-0.05, 0) is 62.2 Å². The van der Waals surface area contributed by atoms with Gasteiger partial charge in [-0.3, -0.25) is 9.59 Å². The highest BCUT2D eigenvalue weighted by atomic mass is 16.5. The molecule has 0 aliphatic heterocycles. The molecule has 2 unspecified atom stereocenters. The number of carbonyl (C=O) groups is 2. The van der Waals surface area contributed by atoms with Gasteiger partial charge in [-0.25, -0.2) is 0 Å². The molecule has 2 atom stereocenters. The Hall–Kier alpha value is -1.06. The van der Waals surface area contributed by atoms with Crippen LogP contribution in [0.15, 0.2) is 0 Å². The number of ether oxygens (including phenoxy) is 2. The highest BCUT2D eigenvalue weighted by molar-refractivity contribution is 5.73. The maximum Gasteiger partial charge on any atom is 0.308 e. The third kappa shape index (κ3) is 3.78. The molecule has 0 amide bonds. The average Bonchev–Trinajstić information content (AvgIpc) is 2.69. The summed E-state index contributed by atoms with van der Waals surface area (Å²) in [5, 5.41) is 0. The van der Waals surface area contributed by atoms with Gasteiger partial charge in [-0.15, -0.1) is 0 Å². The van der Waals surface area contributed by atoms with Crippen LogP contribution < -0.4 is 0 Å². The van der Waals surface area contributed by atoms with E-state index in [9.17, 15) is 9.59 Å². The number of fused-ring (bicyclic) bond motifs is 6. The van der Waals surface area contributed by atoms with E-state index in [0.29, 0.717) is 11.8 Å². The van der Waals surface area contributed by atoms with Gasteiger partial charge in [0.15, 0.2) is 0 Å². The van der Waals surface area contributed by atoms with E-state index in [4.69, 9.17) is 9.47 Å². The Labute approximate surface area is 145 Å². The lowest BCUT2D eigenvalue weighted by Gasteiger charge is -2.40. The predicted molar refractivity (Wildman–Crippen MR) is 91.1 cm³/mol. The molecule has 0 aromatic carbocycles. The van der Waals surface area contributed by atoms with Gasteiger partial charge >= 0.3 is 11.9 Å². The Morgan fingerprint density at radius 2 is 0.958 bits per heavy atom. The fourth-order valence-corrected chi connectivity index (χ4v) is 5.64. The van der Waals surface area contributed by atoms with E-state index in [1.54, 1.807) is 0 Å². The minimum absolute atomic E-state index is 0.0319. The third-order valence-electron chi connectivity index (χ3n) is 7.10. The van der Waals surface area contributed by atoms with E-state index >= 15 is 0 Å². The molecule has 0 saturated heterocycles. The zero-order valence-electron chi connectivity index (χ0n) is 15.2. The summed E-state index contributed by atoms with van der Waals surface area (Å²) in [5.74, 6) is 3.46. The molecule has 0 N–H and O–H groups in total. The summed E-state index contributed by atoms with van der Waals surface area (Å²) >= 11 is 0. The number of carbonyl (C=O) groups excluding carboxylic acids is 2. The number of hydrogen-bond donors (Lipinski definition) is 0. The Morgan fingerprint density at radius 1 is 0.625 bits per heavy atom. The van der Waals surface area contributed by atoms with Crippen molar-refractivity contribution in [1.29, 1.82) is 0 Å². The van der Waals surface area contributed by atoms with Crippen molar-refractivity contribution in [1.82, 2.24) is 0 Å². The first-order valence-electron chi connectivity index (χ1n) is 9.78. The monoisotopic (exact) mass is 336 g/mol. The molecule has 6 saturated carbocycles. The van der Waals surface area contributed by atoms with Crippen LogP contribution in [0.4, 0.5) is 0 Å². The highest BCUT2D eigenvalue weighted by Crippen LogP contribution is 2.46. The SMILES string of the molecule is COC(=O)C1CC2CCC1CC2.COC(=O)C1CC2CCC1CC2. The summed E-state index contributed by atoms with van der Waals surface area (Å²) in [6, 6.07) is 0. The van der Waals surface area contributed by atoms with Gasteiger partial charge in [-0.2, -0.15) is 0 Å². The molecule has 6 fully saturated rings. The Bertz CT molecular complexity index is 403. The van der Waals surface area contributed by atoms with E-state index in [0.717, 1.165) is 24.7 Å². The zero-order chi connectivity index (χ0) is 17.1. The molecular formula is C20H32O4. The summed E-state index contributed by atoms with van der Waals surface area (Å²) in [6.07, 6.45) is 12.6. The molecule has 4 heteroatoms. The van der Waals surface area contributed by atoms with Crippen LogP contribution in [0.5, 0.6) is 0 Å². The van der Waals surface area contributed by atoms with Crippen LogP contribution in [0.25, 0.3) is 0 Å². The van der Waals surface area contributed by atoms with Crippen molar-refractivity contribution >= 4 is 11.9 Å². The molecule has 0 aromatic heterocycles. The molecular weight excluding hydrogens is 304 g/mol. The van der Waals surface area contributed by atoms with Crippen molar-refractivity contribution in [3.63, 3.8) is 0 Å². The molecule has 4 nitrogen and oxygen atoms in total. The van der Waals surface area contributed by atoms with Gasteiger partial charge in [0.25, 0.3) is 0 Å². The number of esters is 2. The lowest BCUT2D eigenvalue weighted by atomic mass is 9.65. The van der Waals surface area contributed by atoms with E-state index < -0.39 is 0 Å². The number of rotatable bonds is 2. The van der Waals surface area contributed by atoms with Crippen molar-refractivity contribution in [2.24, 2.45) is 35.5 Å². The maximum atomic E-state index is 11.3. The molecule has 136 valence electrons. The zero-order valence-corrected chi connectivity index (χ0v) is 15.2. The number of hydrogen-bond acceptors (Lipinski definition) is 4. The van der Waals surface area contributed by atoms with E-state index in [-0.39, 0.29) is 23.8 Å². The van der Waals surface area contributed by atoms with E-state index in [1.165, 1.54) is 65.6 Å². The van der Waals surface area contributed by atoms with Gasteiger partial charge < -0.3 is 9.47 Å². The summed E-state index contributed by atoms with van der Waals surface area (Å²) in [4.78, 5) is 22.7. The lowest BCUT2D eigenvalue weighted by molar-refractivity contribution is -0.152. The van der Waals surface area contributed by atoms with Gasteiger partial charge in [0, 0.05) is 0 Å². The maximum absolute atomic E-state index is 11.3. The highest BCUT2D eigenvalue weighted by Gasteiger charge is 2.40. The quantitative estimate of drug-likeness (QED) is 0.716. The first kappa shape index (κ1) is 17.8. The third-order valence-corrected chi connectivity index (χ3v) is 7.10. The van der Waals surface area contributed by atoms with Crippen LogP contribution in [0.2, 0.25) is 0 Å². The molecule has 0 aromatic rings. The summed E-state index contributed by atoms with van der Waals surface area (Å²) in [5.41, 5.74) is 0. The topological polar surface area (TPSA) is 52.6 Å². The Kier molecular flexibility index (Phi) is 5.83. The van der Waals surface area contributed by atoms with Crippen LogP contribution in [0.1, 0.15) is 64.2 Å². The average molecular weight is 336 g/mol. The summed E-state index contributed by atoms with van der Waals surface area (Å²) in [6.45, 7) is 0. The van der Waals surface area contributed by atoms with Crippen molar-refractivity contribution in [3.05, 3.63) is 0 Å². The fraction of sp³-hybridized carbons (Fsp3) is 0.900. The largest absolute Gasteiger partial charge is 0.469 e. The standard InChI is InChI=1S/2C10H16O2/c2*1-12-10(11)9-6-7-2-4-8(9)5-3-7/h2*7-9H,2-6H2,1H3. The second-order valence-corrected chi connectivity index (χ2v) is 8.29. The van der Waals surface area contributed by atoms with Crippen LogP contribution in [0.3, 0.4) is 0 Å². The minimum atomic E-state index is 0.0319. The summed E-state index contributed by atoms with van der Waals surface area (Å²) in [7, 11) is 3.01. The van der Waals surface area contributed by atoms with E-state index in [2.05, 4.69) is 0 Å². The van der Waals surface area contributed by atoms with Gasteiger partial charge in [0.2, 0.25) is 0 Å². The Morgan fingerprint density at radius 3 is 1.17 bits per heavy atom. The van der Waals surface area contributed by atoms with Crippen LogP contribution >= 0.6 is 0 Å². The predicted octanol–water partition coefficient (Wildman–Crippen LogP) is 3.97. The molecule has 24 heavy (non-hydrogen) atoms. The van der Waals surface area contributed by atoms with Crippen LogP contribution in [0, 0.1) is 35.5 Å². The first-order chi connectivity index (χ1) is 11.6. The molecule has 0 spiro atoms. The molecule has 4 bridgehead atoms. The number of methoxy groups -OCH3 is 2. The first-order valence-corrected chi connectivity index (χ1v) is 9.78. The van der Waals surface area contributed by atoms with Crippen molar-refractivity contribution in [2.75, 3.05) is 14.2 Å². The molecule has 0 radical (unpaired) electrons. The second-order valence-electron chi connectivity index (χ2n) is 8.29. The fourth-order valence-electron chi connectivity index (χ4n) is 5.64. The second kappa shape index (κ2) is 7.88. The lowest BCUT2D eigenvalue weighted by Crippen LogP contribution is -2.36. The Balaban J connectivity index is 0.000000141. The normalized spacial score (nSPS) is 39.6. The van der Waals surface area contributed by atoms with Crippen molar-refractivity contribution in [3.8, 4) is 0 Å². The van der Waals surface area contributed by atoms with Gasteiger partial charge in [0.05, 0.1) is 26.1 Å². The van der Waals surface area contributed by atoms with Crippen LogP contribution in [-0.4, -0.2) is 26.2 Å². The van der Waals surface area contributed by atoms with Crippen molar-refractivity contribution < 1.29 is 19.1 Å². The molecule has 6 aliphatic carbocycles. The molecule has 0 heterocycles. The molecule has 6 rings (SSSR count). The molecule has 6 aliphatic rings. The minimum Gasteiger partial charge on any atom is -0.469 e. The smallest absolute Gasteiger partial charge is 0.308 e.